The summed E-state index contributed by atoms with van der Waals surface area (Å²) in [5, 5.41) is 4.90. The molecule has 19 heavy (non-hydrogen) atoms. The summed E-state index contributed by atoms with van der Waals surface area (Å²) < 4.78 is 0. The van der Waals surface area contributed by atoms with E-state index in [0.717, 1.165) is 18.8 Å². The van der Waals surface area contributed by atoms with Crippen LogP contribution in [0.25, 0.3) is 10.9 Å². The Kier molecular flexibility index (Phi) is 3.23. The van der Waals surface area contributed by atoms with E-state index in [1.165, 1.54) is 23.7 Å². The second-order valence-electron chi connectivity index (χ2n) is 5.76. The fourth-order valence-corrected chi connectivity index (χ4v) is 3.58. The molecule has 1 aromatic carbocycles. The van der Waals surface area contributed by atoms with Crippen LogP contribution in [-0.4, -0.2) is 18.1 Å². The zero-order chi connectivity index (χ0) is 12.1. The Balaban J connectivity index is 0.00000110. The molecule has 1 N–H and O–H groups in total. The zero-order valence-corrected chi connectivity index (χ0v) is 12.0. The maximum Gasteiger partial charge on any atom is 0.0708 e. The lowest BCUT2D eigenvalue weighted by Gasteiger charge is -2.27. The van der Waals surface area contributed by atoms with Crippen molar-refractivity contribution in [2.75, 3.05) is 13.1 Å². The van der Waals surface area contributed by atoms with Crippen molar-refractivity contribution >= 4 is 23.3 Å². The highest BCUT2D eigenvalue weighted by atomic mass is 35.5. The lowest BCUT2D eigenvalue weighted by atomic mass is 9.77. The van der Waals surface area contributed by atoms with Gasteiger partial charge in [0.25, 0.3) is 0 Å². The summed E-state index contributed by atoms with van der Waals surface area (Å²) in [7, 11) is 0. The van der Waals surface area contributed by atoms with Gasteiger partial charge in [-0.2, -0.15) is 0 Å². The van der Waals surface area contributed by atoms with E-state index < -0.39 is 0 Å². The molecule has 100 valence electrons. The van der Waals surface area contributed by atoms with Gasteiger partial charge in [0.2, 0.25) is 0 Å². The van der Waals surface area contributed by atoms with Gasteiger partial charge in [0.15, 0.2) is 0 Å². The SMILES string of the molecule is Cc1ccc2cc3c(cc2n1)C1CCC3CNC1.Cl. The van der Waals surface area contributed by atoms with Crippen molar-refractivity contribution in [3.8, 4) is 0 Å². The average Bonchev–Trinajstić information content (AvgIpc) is 2.70. The van der Waals surface area contributed by atoms with Crippen molar-refractivity contribution in [3.63, 3.8) is 0 Å². The monoisotopic (exact) mass is 274 g/mol. The van der Waals surface area contributed by atoms with Crippen molar-refractivity contribution in [3.05, 3.63) is 41.1 Å². The van der Waals surface area contributed by atoms with Crippen molar-refractivity contribution in [1.29, 1.82) is 0 Å². The third-order valence-electron chi connectivity index (χ3n) is 4.56. The van der Waals surface area contributed by atoms with E-state index in [1.54, 1.807) is 11.1 Å². The molecule has 3 heteroatoms. The molecule has 0 spiro atoms. The van der Waals surface area contributed by atoms with Gasteiger partial charge in [-0.15, -0.1) is 12.4 Å². The predicted octanol–water partition coefficient (Wildman–Crippen LogP) is 3.53. The fraction of sp³-hybridized carbons (Fsp3) is 0.438. The normalized spacial score (nSPS) is 24.7. The number of nitrogens with one attached hydrogen (secondary N) is 1. The van der Waals surface area contributed by atoms with Crippen LogP contribution >= 0.6 is 12.4 Å². The first-order valence-corrected chi connectivity index (χ1v) is 6.93. The molecular formula is C16H19ClN2. The summed E-state index contributed by atoms with van der Waals surface area (Å²) in [6.07, 6.45) is 2.68. The van der Waals surface area contributed by atoms with Gasteiger partial charge in [-0.25, -0.2) is 0 Å². The van der Waals surface area contributed by atoms with Crippen LogP contribution in [0.5, 0.6) is 0 Å². The van der Waals surface area contributed by atoms with E-state index in [4.69, 9.17) is 0 Å². The molecule has 0 saturated carbocycles. The molecular weight excluding hydrogens is 256 g/mol. The Morgan fingerprint density at radius 1 is 1.05 bits per heavy atom. The van der Waals surface area contributed by atoms with Crippen molar-refractivity contribution in [2.45, 2.75) is 31.6 Å². The molecule has 3 aliphatic rings. The summed E-state index contributed by atoms with van der Waals surface area (Å²) >= 11 is 0. The molecule has 1 fully saturated rings. The first-order valence-electron chi connectivity index (χ1n) is 6.93. The van der Waals surface area contributed by atoms with Crippen molar-refractivity contribution < 1.29 is 0 Å². The molecule has 1 aliphatic carbocycles. The summed E-state index contributed by atoms with van der Waals surface area (Å²) in [6.45, 7) is 4.36. The molecule has 2 unspecified atom stereocenters. The number of pyridine rings is 1. The van der Waals surface area contributed by atoms with E-state index in [0.29, 0.717) is 11.8 Å². The highest BCUT2D eigenvalue weighted by Gasteiger charge is 2.30. The molecule has 2 bridgehead atoms. The molecule has 2 aromatic rings. The highest BCUT2D eigenvalue weighted by Crippen LogP contribution is 2.41. The quantitative estimate of drug-likeness (QED) is 0.795. The van der Waals surface area contributed by atoms with E-state index in [2.05, 4.69) is 41.5 Å². The van der Waals surface area contributed by atoms with E-state index in [1.807, 2.05) is 0 Å². The van der Waals surface area contributed by atoms with Crippen LogP contribution < -0.4 is 5.32 Å². The minimum absolute atomic E-state index is 0. The standard InChI is InChI=1S/C16H18N2.ClH/c1-10-2-3-11-6-14-12-4-5-13(9-17-8-12)15(14)7-16(11)18-10;/h2-3,6-7,12-13,17H,4-5,8-9H2,1H3;1H. The summed E-state index contributed by atoms with van der Waals surface area (Å²) in [6, 6.07) is 9.06. The number of nitrogens with zero attached hydrogens (tertiary/aromatic N) is 1. The molecule has 5 rings (SSSR count). The highest BCUT2D eigenvalue weighted by molar-refractivity contribution is 5.85. The maximum absolute atomic E-state index is 4.68. The second-order valence-corrected chi connectivity index (χ2v) is 5.76. The van der Waals surface area contributed by atoms with Gasteiger partial charge in [0, 0.05) is 24.2 Å². The van der Waals surface area contributed by atoms with Gasteiger partial charge >= 0.3 is 0 Å². The summed E-state index contributed by atoms with van der Waals surface area (Å²) in [5.74, 6) is 1.41. The van der Waals surface area contributed by atoms with E-state index in [-0.39, 0.29) is 12.4 Å². The fourth-order valence-electron chi connectivity index (χ4n) is 3.58. The second kappa shape index (κ2) is 4.77. The Labute approximate surface area is 120 Å². The molecule has 2 nitrogen and oxygen atoms in total. The number of hydrogen-bond acceptors (Lipinski definition) is 2. The Morgan fingerprint density at radius 2 is 1.74 bits per heavy atom. The smallest absolute Gasteiger partial charge is 0.0708 e. The van der Waals surface area contributed by atoms with Gasteiger partial charge < -0.3 is 5.32 Å². The van der Waals surface area contributed by atoms with Gasteiger partial charge in [-0.1, -0.05) is 6.07 Å². The largest absolute Gasteiger partial charge is 0.316 e. The molecule has 2 atom stereocenters. The Bertz CT molecular complexity index is 619. The number of aryl methyl sites for hydroxylation is 1. The number of aromatic nitrogens is 1. The lowest BCUT2D eigenvalue weighted by molar-refractivity contribution is 0.550. The molecule has 3 heterocycles. The number of halogens is 1. The lowest BCUT2D eigenvalue weighted by Crippen LogP contribution is -2.18. The van der Waals surface area contributed by atoms with Crippen LogP contribution in [0.4, 0.5) is 0 Å². The summed E-state index contributed by atoms with van der Waals surface area (Å²) in [5.41, 5.74) is 5.41. The first kappa shape index (κ1) is 12.9. The van der Waals surface area contributed by atoms with Crippen LogP contribution in [-0.2, 0) is 0 Å². The van der Waals surface area contributed by atoms with Gasteiger partial charge in [-0.3, -0.25) is 4.98 Å². The molecule has 2 aliphatic heterocycles. The van der Waals surface area contributed by atoms with E-state index >= 15 is 0 Å². The molecule has 0 radical (unpaired) electrons. The van der Waals surface area contributed by atoms with Crippen molar-refractivity contribution in [2.24, 2.45) is 0 Å². The third kappa shape index (κ3) is 2.03. The predicted molar refractivity (Wildman–Crippen MR) is 81.3 cm³/mol. The average molecular weight is 275 g/mol. The topological polar surface area (TPSA) is 24.9 Å². The summed E-state index contributed by atoms with van der Waals surface area (Å²) in [4.78, 5) is 4.68. The van der Waals surface area contributed by atoms with Crippen molar-refractivity contribution in [1.82, 2.24) is 10.3 Å². The molecule has 1 saturated heterocycles. The number of hydrogen-bond donors (Lipinski definition) is 1. The third-order valence-corrected chi connectivity index (χ3v) is 4.56. The van der Waals surface area contributed by atoms with Crippen LogP contribution in [0.15, 0.2) is 24.3 Å². The first-order chi connectivity index (χ1) is 8.81. The van der Waals surface area contributed by atoms with Crippen LogP contribution in [0, 0.1) is 6.92 Å². The molecule has 0 amide bonds. The minimum Gasteiger partial charge on any atom is -0.316 e. The Morgan fingerprint density at radius 3 is 2.47 bits per heavy atom. The van der Waals surface area contributed by atoms with E-state index in [9.17, 15) is 0 Å². The Hall–Kier alpha value is -1.12. The number of benzene rings is 1. The zero-order valence-electron chi connectivity index (χ0n) is 11.1. The van der Waals surface area contributed by atoms with Gasteiger partial charge in [-0.05, 0) is 60.9 Å². The number of rotatable bonds is 0. The number of fused-ring (bicyclic) bond motifs is 4. The van der Waals surface area contributed by atoms with Crippen LogP contribution in [0.1, 0.15) is 41.5 Å². The van der Waals surface area contributed by atoms with Gasteiger partial charge in [0.1, 0.15) is 0 Å². The van der Waals surface area contributed by atoms with Gasteiger partial charge in [0.05, 0.1) is 5.52 Å². The van der Waals surface area contributed by atoms with Crippen LogP contribution in [0.2, 0.25) is 0 Å². The maximum atomic E-state index is 4.68. The van der Waals surface area contributed by atoms with Crippen LogP contribution in [0.3, 0.4) is 0 Å². The minimum atomic E-state index is 0. The molecule has 1 aromatic heterocycles.